The number of hydrogen-bond acceptors (Lipinski definition) is 0. The van der Waals surface area contributed by atoms with Gasteiger partial charge in [0.15, 0.2) is 0 Å². The van der Waals surface area contributed by atoms with Gasteiger partial charge in [-0.05, 0) is 42.9 Å². The molecule has 0 amide bonds. The van der Waals surface area contributed by atoms with E-state index in [0.717, 1.165) is 18.3 Å². The molecule has 0 unspecified atom stereocenters. The van der Waals surface area contributed by atoms with Crippen LogP contribution in [-0.4, -0.2) is 5.38 Å². The van der Waals surface area contributed by atoms with Crippen molar-refractivity contribution in [3.8, 4) is 0 Å². The number of allylic oxidation sites excluding steroid dienone is 2. The van der Waals surface area contributed by atoms with E-state index in [2.05, 4.69) is 26.8 Å². The summed E-state index contributed by atoms with van der Waals surface area (Å²) in [4.78, 5) is 0. The quantitative estimate of drug-likeness (QED) is 0.413. The maximum atomic E-state index is 6.24. The molecule has 2 aliphatic carbocycles. The molecule has 2 rings (SSSR count). The van der Waals surface area contributed by atoms with Crippen LogP contribution >= 0.6 is 11.6 Å². The van der Waals surface area contributed by atoms with Crippen LogP contribution in [0.25, 0.3) is 0 Å². The minimum atomic E-state index is 0.398. The highest BCUT2D eigenvalue weighted by atomic mass is 35.5. The lowest BCUT2D eigenvalue weighted by Gasteiger charge is -2.48. The molecule has 0 N–H and O–H groups in total. The molecule has 1 saturated carbocycles. The first kappa shape index (κ1) is 10.5. The third-order valence-electron chi connectivity index (χ3n) is 4.75. The lowest BCUT2D eigenvalue weighted by Crippen LogP contribution is -2.39. The van der Waals surface area contributed by atoms with Gasteiger partial charge in [-0.15, -0.1) is 11.6 Å². The van der Waals surface area contributed by atoms with E-state index in [4.69, 9.17) is 11.6 Å². The summed E-state index contributed by atoms with van der Waals surface area (Å²) in [5.41, 5.74) is 2.11. The molecule has 0 aliphatic heterocycles. The predicted molar refractivity (Wildman–Crippen MR) is 62.6 cm³/mol. The summed E-state index contributed by atoms with van der Waals surface area (Å²) >= 11 is 6.24. The Balaban J connectivity index is 2.28. The van der Waals surface area contributed by atoms with Gasteiger partial charge in [0.25, 0.3) is 0 Å². The van der Waals surface area contributed by atoms with Crippen LogP contribution in [0, 0.1) is 17.3 Å². The molecular weight excluding hydrogens is 192 g/mol. The minimum Gasteiger partial charge on any atom is -0.123 e. The number of rotatable bonds is 0. The molecule has 4 atom stereocenters. The van der Waals surface area contributed by atoms with Crippen LogP contribution in [0.3, 0.4) is 0 Å². The number of halogens is 1. The Morgan fingerprint density at radius 3 is 2.86 bits per heavy atom. The van der Waals surface area contributed by atoms with E-state index in [9.17, 15) is 0 Å². The molecular formula is C13H21Cl. The largest absolute Gasteiger partial charge is 0.123 e. The van der Waals surface area contributed by atoms with E-state index in [1.54, 1.807) is 5.57 Å². The molecule has 2 aliphatic rings. The van der Waals surface area contributed by atoms with Gasteiger partial charge in [0, 0.05) is 5.38 Å². The highest BCUT2D eigenvalue weighted by Gasteiger charge is 2.42. The molecule has 0 spiro atoms. The minimum absolute atomic E-state index is 0.398. The van der Waals surface area contributed by atoms with Crippen molar-refractivity contribution in [3.63, 3.8) is 0 Å². The average Bonchev–Trinajstić information content (AvgIpc) is 2.16. The number of fused-ring (bicyclic) bond motifs is 1. The van der Waals surface area contributed by atoms with Crippen LogP contribution in [0.5, 0.6) is 0 Å². The summed E-state index contributed by atoms with van der Waals surface area (Å²) < 4.78 is 0. The van der Waals surface area contributed by atoms with E-state index in [-0.39, 0.29) is 0 Å². The zero-order chi connectivity index (χ0) is 10.3. The van der Waals surface area contributed by atoms with Gasteiger partial charge in [0.1, 0.15) is 0 Å². The maximum Gasteiger partial charge on any atom is 0.0373 e. The van der Waals surface area contributed by atoms with Crippen molar-refractivity contribution in [2.75, 3.05) is 0 Å². The van der Waals surface area contributed by atoms with Crippen LogP contribution < -0.4 is 0 Å². The molecule has 80 valence electrons. The fraction of sp³-hybridized carbons (Fsp3) is 0.846. The van der Waals surface area contributed by atoms with Gasteiger partial charge in [-0.2, -0.15) is 0 Å². The number of hydrogen-bond donors (Lipinski definition) is 0. The summed E-state index contributed by atoms with van der Waals surface area (Å²) in [6, 6.07) is 0. The third-order valence-corrected chi connectivity index (χ3v) is 5.12. The smallest absolute Gasteiger partial charge is 0.0373 e. The van der Waals surface area contributed by atoms with E-state index >= 15 is 0 Å². The SMILES string of the molecule is C[C@@H]1[C@@H](C)CC=C2C[C@@H](Cl)CC[C@@]21C. The first-order valence-corrected chi connectivity index (χ1v) is 6.31. The summed E-state index contributed by atoms with van der Waals surface area (Å²) in [6.45, 7) is 7.25. The van der Waals surface area contributed by atoms with Gasteiger partial charge < -0.3 is 0 Å². The van der Waals surface area contributed by atoms with E-state index in [1.165, 1.54) is 19.3 Å². The van der Waals surface area contributed by atoms with Gasteiger partial charge >= 0.3 is 0 Å². The van der Waals surface area contributed by atoms with E-state index in [0.29, 0.717) is 10.8 Å². The van der Waals surface area contributed by atoms with Crippen molar-refractivity contribution in [2.24, 2.45) is 17.3 Å². The van der Waals surface area contributed by atoms with Crippen LogP contribution in [0.1, 0.15) is 46.5 Å². The second-order valence-electron chi connectivity index (χ2n) is 5.49. The standard InChI is InChI=1S/C13H21Cl/c1-9-4-5-11-8-12(14)6-7-13(11,3)10(9)2/h5,9-10,12H,4,6-8H2,1-3H3/t9-,10+,12-,13+/m0/s1. The molecule has 0 aromatic carbocycles. The Kier molecular flexibility index (Phi) is 2.68. The molecule has 0 radical (unpaired) electrons. The van der Waals surface area contributed by atoms with Gasteiger partial charge in [-0.3, -0.25) is 0 Å². The Morgan fingerprint density at radius 2 is 2.14 bits per heavy atom. The van der Waals surface area contributed by atoms with Crippen molar-refractivity contribution in [1.82, 2.24) is 0 Å². The normalized spacial score (nSPS) is 48.3. The van der Waals surface area contributed by atoms with Crippen molar-refractivity contribution in [1.29, 1.82) is 0 Å². The fourth-order valence-electron chi connectivity index (χ4n) is 3.19. The average molecular weight is 213 g/mol. The Morgan fingerprint density at radius 1 is 1.43 bits per heavy atom. The first-order valence-electron chi connectivity index (χ1n) is 5.87. The zero-order valence-electron chi connectivity index (χ0n) is 9.52. The molecule has 0 aromatic heterocycles. The van der Waals surface area contributed by atoms with Crippen LogP contribution in [0.15, 0.2) is 11.6 Å². The third kappa shape index (κ3) is 1.52. The molecule has 0 aromatic rings. The molecule has 0 saturated heterocycles. The second kappa shape index (κ2) is 3.56. The van der Waals surface area contributed by atoms with Crippen molar-refractivity contribution < 1.29 is 0 Å². The molecule has 0 heterocycles. The monoisotopic (exact) mass is 212 g/mol. The van der Waals surface area contributed by atoms with E-state index in [1.807, 2.05) is 0 Å². The summed E-state index contributed by atoms with van der Waals surface area (Å²) in [5, 5.41) is 0.398. The first-order chi connectivity index (χ1) is 6.54. The Bertz CT molecular complexity index is 256. The maximum absolute atomic E-state index is 6.24. The lowest BCUT2D eigenvalue weighted by atomic mass is 9.58. The molecule has 1 heteroatoms. The second-order valence-corrected chi connectivity index (χ2v) is 6.11. The molecule has 0 nitrogen and oxygen atoms in total. The predicted octanol–water partition coefficient (Wildman–Crippen LogP) is 4.39. The van der Waals surface area contributed by atoms with Crippen LogP contribution in [-0.2, 0) is 0 Å². The van der Waals surface area contributed by atoms with Crippen molar-refractivity contribution in [3.05, 3.63) is 11.6 Å². The molecule has 14 heavy (non-hydrogen) atoms. The van der Waals surface area contributed by atoms with Crippen LogP contribution in [0.4, 0.5) is 0 Å². The lowest BCUT2D eigenvalue weighted by molar-refractivity contribution is 0.134. The van der Waals surface area contributed by atoms with E-state index < -0.39 is 0 Å². The zero-order valence-corrected chi connectivity index (χ0v) is 10.3. The van der Waals surface area contributed by atoms with Crippen LogP contribution in [0.2, 0.25) is 0 Å². The van der Waals surface area contributed by atoms with Gasteiger partial charge in [0.05, 0.1) is 0 Å². The summed E-state index contributed by atoms with van der Waals surface area (Å²) in [6.07, 6.45) is 7.36. The van der Waals surface area contributed by atoms with Gasteiger partial charge in [0.2, 0.25) is 0 Å². The van der Waals surface area contributed by atoms with Gasteiger partial charge in [-0.1, -0.05) is 32.4 Å². The highest BCUT2D eigenvalue weighted by Crippen LogP contribution is 2.52. The van der Waals surface area contributed by atoms with Crippen molar-refractivity contribution in [2.45, 2.75) is 51.8 Å². The fourth-order valence-corrected chi connectivity index (χ4v) is 3.46. The number of alkyl halides is 1. The van der Waals surface area contributed by atoms with Gasteiger partial charge in [-0.25, -0.2) is 0 Å². The Hall–Kier alpha value is 0.0300. The Labute approximate surface area is 92.7 Å². The molecule has 0 bridgehead atoms. The highest BCUT2D eigenvalue weighted by molar-refractivity contribution is 6.20. The molecule has 1 fully saturated rings. The summed E-state index contributed by atoms with van der Waals surface area (Å²) in [5.74, 6) is 1.67. The summed E-state index contributed by atoms with van der Waals surface area (Å²) in [7, 11) is 0. The van der Waals surface area contributed by atoms with Crippen molar-refractivity contribution >= 4 is 11.6 Å². The topological polar surface area (TPSA) is 0 Å².